The average Bonchev–Trinajstić information content (AvgIpc) is 1.99. The van der Waals surface area contributed by atoms with Crippen LogP contribution in [0.3, 0.4) is 0 Å². The highest BCUT2D eigenvalue weighted by Crippen LogP contribution is 2.06. The van der Waals surface area contributed by atoms with E-state index in [-0.39, 0.29) is 12.6 Å². The van der Waals surface area contributed by atoms with Crippen LogP contribution in [0.25, 0.3) is 0 Å². The van der Waals surface area contributed by atoms with Gasteiger partial charge in [0, 0.05) is 12.6 Å². The SMILES string of the molecule is CCOCC(C)(NC(C)C)C(=O)O. The summed E-state index contributed by atoms with van der Waals surface area (Å²) in [6.45, 7) is 8.02. The van der Waals surface area contributed by atoms with Crippen molar-refractivity contribution in [2.45, 2.75) is 39.3 Å². The zero-order valence-electron chi connectivity index (χ0n) is 8.76. The smallest absolute Gasteiger partial charge is 0.326 e. The fourth-order valence-corrected chi connectivity index (χ4v) is 1.11. The highest BCUT2D eigenvalue weighted by molar-refractivity contribution is 5.78. The lowest BCUT2D eigenvalue weighted by Gasteiger charge is -2.28. The second-order valence-corrected chi connectivity index (χ2v) is 3.57. The third-order valence-electron chi connectivity index (χ3n) is 1.67. The molecule has 1 unspecified atom stereocenters. The van der Waals surface area contributed by atoms with Gasteiger partial charge in [0.05, 0.1) is 6.61 Å². The maximum absolute atomic E-state index is 10.9. The quantitative estimate of drug-likeness (QED) is 0.650. The molecule has 0 saturated carbocycles. The Morgan fingerprint density at radius 1 is 1.62 bits per heavy atom. The van der Waals surface area contributed by atoms with Crippen LogP contribution < -0.4 is 5.32 Å². The van der Waals surface area contributed by atoms with Crippen LogP contribution in [0.4, 0.5) is 0 Å². The molecule has 1 atom stereocenters. The van der Waals surface area contributed by atoms with E-state index >= 15 is 0 Å². The van der Waals surface area contributed by atoms with Gasteiger partial charge in [0.25, 0.3) is 0 Å². The highest BCUT2D eigenvalue weighted by atomic mass is 16.5. The summed E-state index contributed by atoms with van der Waals surface area (Å²) in [7, 11) is 0. The van der Waals surface area contributed by atoms with Gasteiger partial charge >= 0.3 is 5.97 Å². The summed E-state index contributed by atoms with van der Waals surface area (Å²) in [4.78, 5) is 10.9. The largest absolute Gasteiger partial charge is 0.480 e. The van der Waals surface area contributed by atoms with Crippen LogP contribution in [0, 0.1) is 0 Å². The van der Waals surface area contributed by atoms with Crippen LogP contribution in [-0.4, -0.2) is 35.9 Å². The van der Waals surface area contributed by atoms with Gasteiger partial charge < -0.3 is 9.84 Å². The first-order valence-electron chi connectivity index (χ1n) is 4.51. The first-order chi connectivity index (χ1) is 5.92. The van der Waals surface area contributed by atoms with E-state index in [1.54, 1.807) is 6.92 Å². The molecular weight excluding hydrogens is 170 g/mol. The lowest BCUT2D eigenvalue weighted by atomic mass is 10.0. The van der Waals surface area contributed by atoms with Crippen molar-refractivity contribution in [2.75, 3.05) is 13.2 Å². The number of carboxylic acid groups (broad SMARTS) is 1. The fourth-order valence-electron chi connectivity index (χ4n) is 1.11. The maximum atomic E-state index is 10.9. The number of hydrogen-bond donors (Lipinski definition) is 2. The molecule has 4 nitrogen and oxygen atoms in total. The zero-order chi connectivity index (χ0) is 10.5. The molecule has 13 heavy (non-hydrogen) atoms. The van der Waals surface area contributed by atoms with E-state index in [9.17, 15) is 4.79 Å². The van der Waals surface area contributed by atoms with Crippen molar-refractivity contribution in [3.05, 3.63) is 0 Å². The number of carboxylic acids is 1. The molecule has 0 fully saturated rings. The van der Waals surface area contributed by atoms with E-state index in [1.807, 2.05) is 20.8 Å². The van der Waals surface area contributed by atoms with E-state index in [0.29, 0.717) is 6.61 Å². The molecule has 0 aromatic carbocycles. The van der Waals surface area contributed by atoms with E-state index < -0.39 is 11.5 Å². The van der Waals surface area contributed by atoms with E-state index in [1.165, 1.54) is 0 Å². The summed E-state index contributed by atoms with van der Waals surface area (Å²) in [6, 6.07) is 0.126. The Labute approximate surface area is 79.3 Å². The molecule has 0 saturated heterocycles. The first kappa shape index (κ1) is 12.4. The summed E-state index contributed by atoms with van der Waals surface area (Å²) < 4.78 is 5.12. The van der Waals surface area contributed by atoms with Crippen LogP contribution >= 0.6 is 0 Å². The minimum atomic E-state index is -0.982. The second-order valence-electron chi connectivity index (χ2n) is 3.57. The standard InChI is InChI=1S/C9H19NO3/c1-5-13-6-9(4,8(11)12)10-7(2)3/h7,10H,5-6H2,1-4H3,(H,11,12). The molecule has 2 N–H and O–H groups in total. The second kappa shape index (κ2) is 5.19. The number of ether oxygens (including phenoxy) is 1. The van der Waals surface area contributed by atoms with E-state index in [0.717, 1.165) is 0 Å². The van der Waals surface area contributed by atoms with Gasteiger partial charge in [-0.05, 0) is 27.7 Å². The summed E-state index contributed by atoms with van der Waals surface area (Å²) in [6.07, 6.45) is 0. The molecule has 78 valence electrons. The van der Waals surface area contributed by atoms with Crippen molar-refractivity contribution in [2.24, 2.45) is 0 Å². The molecule has 0 bridgehead atoms. The van der Waals surface area contributed by atoms with Gasteiger partial charge in [0.1, 0.15) is 5.54 Å². The van der Waals surface area contributed by atoms with Gasteiger partial charge in [-0.1, -0.05) is 0 Å². The third kappa shape index (κ3) is 4.24. The Bertz CT molecular complexity index is 170. The third-order valence-corrected chi connectivity index (χ3v) is 1.67. The van der Waals surface area contributed by atoms with Gasteiger partial charge in [-0.2, -0.15) is 0 Å². The Morgan fingerprint density at radius 3 is 2.46 bits per heavy atom. The molecule has 0 amide bonds. The van der Waals surface area contributed by atoms with Gasteiger partial charge in [0.2, 0.25) is 0 Å². The maximum Gasteiger partial charge on any atom is 0.326 e. The lowest BCUT2D eigenvalue weighted by molar-refractivity contribution is -0.147. The predicted molar refractivity (Wildman–Crippen MR) is 50.8 cm³/mol. The van der Waals surface area contributed by atoms with E-state index in [2.05, 4.69) is 5.32 Å². The van der Waals surface area contributed by atoms with Gasteiger partial charge in [0.15, 0.2) is 0 Å². The average molecular weight is 189 g/mol. The molecule has 0 aromatic heterocycles. The molecular formula is C9H19NO3. The van der Waals surface area contributed by atoms with Gasteiger partial charge in [-0.15, -0.1) is 0 Å². The van der Waals surface area contributed by atoms with Crippen molar-refractivity contribution in [1.82, 2.24) is 5.32 Å². The molecule has 0 aromatic rings. The van der Waals surface area contributed by atoms with Crippen molar-refractivity contribution in [3.8, 4) is 0 Å². The molecule has 4 heteroatoms. The summed E-state index contributed by atoms with van der Waals surface area (Å²) in [5, 5.41) is 11.9. The summed E-state index contributed by atoms with van der Waals surface area (Å²) in [5.74, 6) is -0.880. The molecule has 0 rings (SSSR count). The molecule has 0 aliphatic rings. The molecule has 0 aliphatic carbocycles. The number of hydrogen-bond acceptors (Lipinski definition) is 3. The van der Waals surface area contributed by atoms with Gasteiger partial charge in [-0.25, -0.2) is 0 Å². The number of carbonyl (C=O) groups is 1. The van der Waals surface area contributed by atoms with Crippen molar-refractivity contribution < 1.29 is 14.6 Å². The minimum Gasteiger partial charge on any atom is -0.480 e. The Kier molecular flexibility index (Phi) is 4.95. The van der Waals surface area contributed by atoms with Crippen LogP contribution in [0.2, 0.25) is 0 Å². The van der Waals surface area contributed by atoms with Crippen LogP contribution in [0.5, 0.6) is 0 Å². The Morgan fingerprint density at radius 2 is 2.15 bits per heavy atom. The predicted octanol–water partition coefficient (Wildman–Crippen LogP) is 0.864. The monoisotopic (exact) mass is 189 g/mol. The lowest BCUT2D eigenvalue weighted by Crippen LogP contribution is -2.55. The fraction of sp³-hybridized carbons (Fsp3) is 0.889. The topological polar surface area (TPSA) is 58.6 Å². The van der Waals surface area contributed by atoms with Crippen molar-refractivity contribution >= 4 is 5.97 Å². The van der Waals surface area contributed by atoms with Gasteiger partial charge in [-0.3, -0.25) is 10.1 Å². The summed E-state index contributed by atoms with van der Waals surface area (Å²) in [5.41, 5.74) is -0.982. The van der Waals surface area contributed by atoms with Crippen molar-refractivity contribution in [3.63, 3.8) is 0 Å². The van der Waals surface area contributed by atoms with Crippen LogP contribution in [0.15, 0.2) is 0 Å². The number of aliphatic carboxylic acids is 1. The van der Waals surface area contributed by atoms with E-state index in [4.69, 9.17) is 9.84 Å². The Balaban J connectivity index is 4.25. The molecule has 0 spiro atoms. The van der Waals surface area contributed by atoms with Crippen LogP contribution in [0.1, 0.15) is 27.7 Å². The van der Waals surface area contributed by atoms with Crippen molar-refractivity contribution in [1.29, 1.82) is 0 Å². The number of rotatable bonds is 6. The molecule has 0 radical (unpaired) electrons. The molecule has 0 aliphatic heterocycles. The summed E-state index contributed by atoms with van der Waals surface area (Å²) >= 11 is 0. The zero-order valence-corrected chi connectivity index (χ0v) is 8.76. The highest BCUT2D eigenvalue weighted by Gasteiger charge is 2.33. The Hall–Kier alpha value is -0.610. The molecule has 0 heterocycles. The number of nitrogens with one attached hydrogen (secondary N) is 1. The minimum absolute atomic E-state index is 0.126. The first-order valence-corrected chi connectivity index (χ1v) is 4.51. The van der Waals surface area contributed by atoms with Crippen LogP contribution in [-0.2, 0) is 9.53 Å². The normalized spacial score (nSPS) is 15.8.